The second-order valence-electron chi connectivity index (χ2n) is 0. The molecular formula is H8GaHgInSn. The molecule has 0 atom stereocenters. The number of hydrogen-bond acceptors (Lipinski definition) is 0. The molecule has 0 fully saturated rings. The van der Waals surface area contributed by atoms with Gasteiger partial charge in [0.2, 0.25) is 0 Å². The van der Waals surface area contributed by atoms with Crippen molar-refractivity contribution in [3.05, 3.63) is 0 Å². The van der Waals surface area contributed by atoms with E-state index >= 15 is 0 Å². The molecule has 0 rings (SSSR count). The van der Waals surface area contributed by atoms with Gasteiger partial charge in [0.25, 0.3) is 0 Å². The molecule has 0 aromatic carbocycles. The predicted octanol–water partition coefficient (Wildman–Crippen LogP) is -3.29. The van der Waals surface area contributed by atoms with Gasteiger partial charge in [-0.2, -0.15) is 0 Å². The van der Waals surface area contributed by atoms with E-state index in [4.69, 9.17) is 0 Å². The van der Waals surface area contributed by atoms with E-state index in [0.29, 0.717) is 0 Å². The molecule has 0 N–H and O–H groups in total. The van der Waals surface area contributed by atoms with E-state index < -0.39 is 0 Å². The van der Waals surface area contributed by atoms with E-state index in [1.165, 1.54) is 0 Å². The molecule has 4 heteroatoms. The standard InChI is InChI=1S/Ga.Hg.In.Sn.8H. The molecule has 0 aliphatic carbocycles. The molecule has 0 spiro atoms. The van der Waals surface area contributed by atoms with Crippen molar-refractivity contribution < 1.29 is 27.7 Å². The Hall–Kier alpha value is 3.24. The summed E-state index contributed by atoms with van der Waals surface area (Å²) in [5.41, 5.74) is 0. The van der Waals surface area contributed by atoms with Crippen molar-refractivity contribution >= 4 is 69.5 Å². The Balaban J connectivity index is 0. The molecule has 0 aliphatic heterocycles. The van der Waals surface area contributed by atoms with E-state index in [1.54, 1.807) is 0 Å². The average Bonchev–Trinajstić information content (AvgIpc) is 0. The van der Waals surface area contributed by atoms with E-state index in [2.05, 4.69) is 0 Å². The quantitative estimate of drug-likeness (QED) is 0.299. The first-order chi connectivity index (χ1) is 0. The van der Waals surface area contributed by atoms with Crippen LogP contribution < -0.4 is 0 Å². The summed E-state index contributed by atoms with van der Waals surface area (Å²) in [5, 5.41) is 0. The Kier molecular flexibility index (Phi) is 110. The third-order valence-corrected chi connectivity index (χ3v) is 0. The summed E-state index contributed by atoms with van der Waals surface area (Å²) in [4.78, 5) is 0. The molecule has 2 radical (unpaired) electrons. The molecule has 0 aromatic heterocycles. The van der Waals surface area contributed by atoms with Crippen molar-refractivity contribution in [2.75, 3.05) is 0 Å². The molecular weight excluding hydrogens is 504 g/mol. The monoisotopic (exact) mass is 514 g/mol. The topological polar surface area (TPSA) is 0 Å². The molecule has 0 amide bonds. The van der Waals surface area contributed by atoms with Crippen LogP contribution >= 0.6 is 0 Å². The zero-order chi connectivity index (χ0) is 0. The van der Waals surface area contributed by atoms with Gasteiger partial charge in [0.15, 0.2) is 0 Å². The molecule has 0 aromatic rings. The fraction of sp³-hybridized carbons (Fsp3) is 0. The van der Waals surface area contributed by atoms with E-state index in [-0.39, 0.29) is 97.2 Å². The zero-order valence-electron chi connectivity index (χ0n) is 1.41. The average molecular weight is 512 g/mol. The first-order valence-corrected chi connectivity index (χ1v) is 0. The van der Waals surface area contributed by atoms with Crippen molar-refractivity contribution in [2.45, 2.75) is 0 Å². The van der Waals surface area contributed by atoms with Crippen LogP contribution in [0, 0.1) is 0 Å². The molecule has 0 unspecified atom stereocenters. The SMILES string of the molecule is [GaH3].[Hg].[InH3].[SnH2]. The molecule has 0 heterocycles. The second-order valence-corrected chi connectivity index (χ2v) is 0. The van der Waals surface area contributed by atoms with Crippen molar-refractivity contribution in [3.63, 3.8) is 0 Å². The predicted molar refractivity (Wildman–Crippen MR) is 28.4 cm³/mol. The summed E-state index contributed by atoms with van der Waals surface area (Å²) in [5.74, 6) is 0. The summed E-state index contributed by atoms with van der Waals surface area (Å²) in [6, 6.07) is 0. The van der Waals surface area contributed by atoms with Gasteiger partial charge >= 0.3 is 69.5 Å². The first kappa shape index (κ1) is 26.9. The molecule has 0 saturated carbocycles. The minimum atomic E-state index is 0. The Morgan fingerprint density at radius 1 is 1.00 bits per heavy atom. The van der Waals surface area contributed by atoms with Crippen LogP contribution in [0.3, 0.4) is 0 Å². The minimum absolute atomic E-state index is 0. The van der Waals surface area contributed by atoms with Gasteiger partial charge < -0.3 is 0 Å². The van der Waals surface area contributed by atoms with Crippen molar-refractivity contribution in [3.8, 4) is 0 Å². The number of hydrogen-bond donors (Lipinski definition) is 0. The second kappa shape index (κ2) is 16.3. The van der Waals surface area contributed by atoms with Crippen molar-refractivity contribution in [1.29, 1.82) is 0 Å². The summed E-state index contributed by atoms with van der Waals surface area (Å²) in [6.45, 7) is 0. The first-order valence-electron chi connectivity index (χ1n) is 0. The fourth-order valence-corrected chi connectivity index (χ4v) is 0. The third kappa shape index (κ3) is 8.97. The molecule has 0 nitrogen and oxygen atoms in total. The maximum atomic E-state index is 0. The van der Waals surface area contributed by atoms with Crippen molar-refractivity contribution in [1.82, 2.24) is 0 Å². The van der Waals surface area contributed by atoms with Crippen LogP contribution in [0.2, 0.25) is 0 Å². The van der Waals surface area contributed by atoms with Gasteiger partial charge in [-0.05, 0) is 0 Å². The van der Waals surface area contributed by atoms with Gasteiger partial charge in [0, 0.05) is 27.7 Å². The Morgan fingerprint density at radius 3 is 1.00 bits per heavy atom. The van der Waals surface area contributed by atoms with Crippen LogP contribution in [0.25, 0.3) is 0 Å². The van der Waals surface area contributed by atoms with Crippen LogP contribution in [0.1, 0.15) is 0 Å². The normalized spacial score (nSPS) is 0. The van der Waals surface area contributed by atoms with Gasteiger partial charge in [-0.3, -0.25) is 0 Å². The van der Waals surface area contributed by atoms with Gasteiger partial charge in [-0.15, -0.1) is 0 Å². The van der Waals surface area contributed by atoms with Crippen molar-refractivity contribution in [2.24, 2.45) is 0 Å². The molecule has 0 bridgehead atoms. The van der Waals surface area contributed by atoms with Crippen LogP contribution in [0.15, 0.2) is 0 Å². The number of rotatable bonds is 0. The zero-order valence-corrected chi connectivity index (χ0v) is 10.9. The Bertz CT molecular complexity index is 8.00. The Morgan fingerprint density at radius 2 is 1.00 bits per heavy atom. The van der Waals surface area contributed by atoms with Gasteiger partial charge in [-0.1, -0.05) is 0 Å². The van der Waals surface area contributed by atoms with Gasteiger partial charge in [0.05, 0.1) is 0 Å². The van der Waals surface area contributed by atoms with E-state index in [0.717, 1.165) is 0 Å². The summed E-state index contributed by atoms with van der Waals surface area (Å²) in [6.07, 6.45) is 0. The summed E-state index contributed by atoms with van der Waals surface area (Å²) in [7, 11) is 0. The van der Waals surface area contributed by atoms with E-state index in [9.17, 15) is 0 Å². The molecule has 20 valence electrons. The summed E-state index contributed by atoms with van der Waals surface area (Å²) >= 11 is 0. The fourth-order valence-electron chi connectivity index (χ4n) is 0. The maximum absolute atomic E-state index is 0. The van der Waals surface area contributed by atoms with Gasteiger partial charge in [-0.25, -0.2) is 0 Å². The molecule has 0 saturated heterocycles. The summed E-state index contributed by atoms with van der Waals surface area (Å²) < 4.78 is 0. The van der Waals surface area contributed by atoms with E-state index in [1.807, 2.05) is 0 Å². The molecule has 0 aliphatic rings. The third-order valence-electron chi connectivity index (χ3n) is 0. The Labute approximate surface area is 95.2 Å². The van der Waals surface area contributed by atoms with Crippen LogP contribution in [-0.4, -0.2) is 69.5 Å². The van der Waals surface area contributed by atoms with Gasteiger partial charge in [0.1, 0.15) is 0 Å². The molecule has 4 heavy (non-hydrogen) atoms. The van der Waals surface area contributed by atoms with Crippen LogP contribution in [-0.2, 0) is 27.7 Å². The van der Waals surface area contributed by atoms with Crippen LogP contribution in [0.5, 0.6) is 0 Å². The van der Waals surface area contributed by atoms with Crippen LogP contribution in [0.4, 0.5) is 0 Å².